The van der Waals surface area contributed by atoms with E-state index in [-0.39, 0.29) is 6.04 Å². The normalized spacial score (nSPS) is 14.6. The molecule has 1 N–H and O–H groups in total. The topological polar surface area (TPSA) is 21.3 Å². The highest BCUT2D eigenvalue weighted by molar-refractivity contribution is 9.10. The molecule has 2 nitrogen and oxygen atoms in total. The standard InChI is InChI=1S/C18H20BrNO/c1-3-20-18(15-8-12(2)9-16(19)11-15)14-4-5-17-13(10-14)6-7-21-17/h4-5,8-11,18,20H,3,6-7H2,1-2H3. The molecule has 2 aromatic carbocycles. The number of hydrogen-bond acceptors (Lipinski definition) is 2. The van der Waals surface area contributed by atoms with Crippen LogP contribution in [0.3, 0.4) is 0 Å². The van der Waals surface area contributed by atoms with E-state index >= 15 is 0 Å². The first kappa shape index (κ1) is 14.6. The predicted molar refractivity (Wildman–Crippen MR) is 90.0 cm³/mol. The molecule has 2 aromatic rings. The SMILES string of the molecule is CCNC(c1cc(C)cc(Br)c1)c1ccc2c(c1)CCO2. The van der Waals surface area contributed by atoms with Gasteiger partial charge in [-0.15, -0.1) is 0 Å². The van der Waals surface area contributed by atoms with Gasteiger partial charge in [0.1, 0.15) is 5.75 Å². The fourth-order valence-corrected chi connectivity index (χ4v) is 3.58. The van der Waals surface area contributed by atoms with Gasteiger partial charge >= 0.3 is 0 Å². The summed E-state index contributed by atoms with van der Waals surface area (Å²) in [5, 5.41) is 3.60. The Labute approximate surface area is 134 Å². The molecule has 1 aliphatic rings. The van der Waals surface area contributed by atoms with E-state index in [9.17, 15) is 0 Å². The number of halogens is 1. The summed E-state index contributed by atoms with van der Waals surface area (Å²) >= 11 is 3.61. The third kappa shape index (κ3) is 3.14. The van der Waals surface area contributed by atoms with Crippen molar-refractivity contribution in [2.45, 2.75) is 26.3 Å². The summed E-state index contributed by atoms with van der Waals surface area (Å²) in [4.78, 5) is 0. The van der Waals surface area contributed by atoms with Crippen LogP contribution in [-0.4, -0.2) is 13.2 Å². The summed E-state index contributed by atoms with van der Waals surface area (Å²) in [6.07, 6.45) is 1.01. The summed E-state index contributed by atoms with van der Waals surface area (Å²) < 4.78 is 6.74. The second kappa shape index (κ2) is 6.20. The van der Waals surface area contributed by atoms with Crippen LogP contribution < -0.4 is 10.1 Å². The van der Waals surface area contributed by atoms with Gasteiger partial charge in [0, 0.05) is 10.9 Å². The molecular weight excluding hydrogens is 326 g/mol. The van der Waals surface area contributed by atoms with Crippen LogP contribution in [0.2, 0.25) is 0 Å². The summed E-state index contributed by atoms with van der Waals surface area (Å²) in [7, 11) is 0. The van der Waals surface area contributed by atoms with E-state index in [2.05, 4.69) is 71.5 Å². The van der Waals surface area contributed by atoms with Crippen LogP contribution in [0.5, 0.6) is 5.75 Å². The van der Waals surface area contributed by atoms with Gasteiger partial charge in [0.15, 0.2) is 0 Å². The van der Waals surface area contributed by atoms with Gasteiger partial charge in [-0.3, -0.25) is 0 Å². The molecule has 0 radical (unpaired) electrons. The fourth-order valence-electron chi connectivity index (χ4n) is 2.95. The first-order chi connectivity index (χ1) is 10.2. The minimum absolute atomic E-state index is 0.220. The van der Waals surface area contributed by atoms with Gasteiger partial charge in [-0.1, -0.05) is 41.1 Å². The molecule has 0 saturated carbocycles. The molecule has 1 heterocycles. The maximum atomic E-state index is 5.61. The summed E-state index contributed by atoms with van der Waals surface area (Å²) in [6.45, 7) is 6.02. The van der Waals surface area contributed by atoms with Crippen LogP contribution in [0, 0.1) is 6.92 Å². The number of rotatable bonds is 4. The Morgan fingerprint density at radius 1 is 1.19 bits per heavy atom. The highest BCUT2D eigenvalue weighted by Crippen LogP contribution is 2.31. The van der Waals surface area contributed by atoms with Gasteiger partial charge in [-0.2, -0.15) is 0 Å². The largest absolute Gasteiger partial charge is 0.493 e. The quantitative estimate of drug-likeness (QED) is 0.887. The molecule has 1 atom stereocenters. The number of benzene rings is 2. The fraction of sp³-hybridized carbons (Fsp3) is 0.333. The van der Waals surface area contributed by atoms with Crippen molar-refractivity contribution in [3.05, 3.63) is 63.1 Å². The molecule has 1 unspecified atom stereocenters. The Morgan fingerprint density at radius 2 is 2.05 bits per heavy atom. The average Bonchev–Trinajstić information content (AvgIpc) is 2.91. The molecule has 3 rings (SSSR count). The minimum atomic E-state index is 0.220. The molecule has 0 fully saturated rings. The van der Waals surface area contributed by atoms with Crippen LogP contribution in [0.1, 0.15) is 35.2 Å². The Morgan fingerprint density at radius 3 is 2.81 bits per heavy atom. The van der Waals surface area contributed by atoms with Crippen molar-refractivity contribution in [3.63, 3.8) is 0 Å². The summed E-state index contributed by atoms with van der Waals surface area (Å²) in [6, 6.07) is 13.4. The molecule has 0 aliphatic carbocycles. The second-order valence-corrected chi connectivity index (χ2v) is 6.43. The van der Waals surface area contributed by atoms with Crippen LogP contribution >= 0.6 is 15.9 Å². The summed E-state index contributed by atoms with van der Waals surface area (Å²) in [5.74, 6) is 1.04. The van der Waals surface area contributed by atoms with Crippen molar-refractivity contribution < 1.29 is 4.74 Å². The molecule has 1 aliphatic heterocycles. The number of aryl methyl sites for hydroxylation is 1. The van der Waals surface area contributed by atoms with Gasteiger partial charge in [0.05, 0.1) is 12.6 Å². The zero-order chi connectivity index (χ0) is 14.8. The third-order valence-electron chi connectivity index (χ3n) is 3.85. The molecular formula is C18H20BrNO. The van der Waals surface area contributed by atoms with Crippen LogP contribution in [0.4, 0.5) is 0 Å². The molecule has 0 spiro atoms. The van der Waals surface area contributed by atoms with E-state index in [4.69, 9.17) is 4.74 Å². The van der Waals surface area contributed by atoms with Gasteiger partial charge in [-0.25, -0.2) is 0 Å². The molecule has 0 aromatic heterocycles. The first-order valence-corrected chi connectivity index (χ1v) is 8.23. The first-order valence-electron chi connectivity index (χ1n) is 7.43. The molecule has 0 saturated heterocycles. The van der Waals surface area contributed by atoms with Crippen LogP contribution in [-0.2, 0) is 6.42 Å². The third-order valence-corrected chi connectivity index (χ3v) is 4.31. The van der Waals surface area contributed by atoms with E-state index in [1.165, 1.54) is 22.3 Å². The lowest BCUT2D eigenvalue weighted by Crippen LogP contribution is -2.22. The average molecular weight is 346 g/mol. The second-order valence-electron chi connectivity index (χ2n) is 5.52. The van der Waals surface area contributed by atoms with Crippen molar-refractivity contribution in [1.82, 2.24) is 5.32 Å². The van der Waals surface area contributed by atoms with Gasteiger partial charge < -0.3 is 10.1 Å². The maximum Gasteiger partial charge on any atom is 0.122 e. The van der Waals surface area contributed by atoms with E-state index in [1.54, 1.807) is 0 Å². The Bertz CT molecular complexity index is 633. The number of nitrogens with one attached hydrogen (secondary N) is 1. The van der Waals surface area contributed by atoms with E-state index in [1.807, 2.05) is 0 Å². The van der Waals surface area contributed by atoms with Gasteiger partial charge in [-0.05, 0) is 53.9 Å². The van der Waals surface area contributed by atoms with Crippen molar-refractivity contribution in [2.24, 2.45) is 0 Å². The number of ether oxygens (including phenoxy) is 1. The number of hydrogen-bond donors (Lipinski definition) is 1. The zero-order valence-electron chi connectivity index (χ0n) is 12.4. The Kier molecular flexibility index (Phi) is 4.32. The maximum absolute atomic E-state index is 5.61. The van der Waals surface area contributed by atoms with Crippen molar-refractivity contribution in [1.29, 1.82) is 0 Å². The smallest absolute Gasteiger partial charge is 0.122 e. The molecule has 0 bridgehead atoms. The monoisotopic (exact) mass is 345 g/mol. The van der Waals surface area contributed by atoms with Crippen molar-refractivity contribution in [3.8, 4) is 5.75 Å². The van der Waals surface area contributed by atoms with Crippen LogP contribution in [0.25, 0.3) is 0 Å². The van der Waals surface area contributed by atoms with E-state index in [0.717, 1.165) is 29.8 Å². The molecule has 110 valence electrons. The lowest BCUT2D eigenvalue weighted by molar-refractivity contribution is 0.357. The van der Waals surface area contributed by atoms with Crippen molar-refractivity contribution >= 4 is 15.9 Å². The number of fused-ring (bicyclic) bond motifs is 1. The summed E-state index contributed by atoms with van der Waals surface area (Å²) in [5.41, 5.74) is 5.19. The molecule has 21 heavy (non-hydrogen) atoms. The highest BCUT2D eigenvalue weighted by Gasteiger charge is 2.18. The minimum Gasteiger partial charge on any atom is -0.493 e. The van der Waals surface area contributed by atoms with E-state index in [0.29, 0.717) is 0 Å². The lowest BCUT2D eigenvalue weighted by atomic mass is 9.95. The van der Waals surface area contributed by atoms with Crippen molar-refractivity contribution in [2.75, 3.05) is 13.2 Å². The molecule has 0 amide bonds. The van der Waals surface area contributed by atoms with Crippen LogP contribution in [0.15, 0.2) is 40.9 Å². The van der Waals surface area contributed by atoms with E-state index < -0.39 is 0 Å². The Balaban J connectivity index is 2.01. The predicted octanol–water partition coefficient (Wildman–Crippen LogP) is 4.39. The molecule has 3 heteroatoms. The van der Waals surface area contributed by atoms with Gasteiger partial charge in [0.2, 0.25) is 0 Å². The zero-order valence-corrected chi connectivity index (χ0v) is 14.0. The lowest BCUT2D eigenvalue weighted by Gasteiger charge is -2.20. The highest BCUT2D eigenvalue weighted by atomic mass is 79.9. The van der Waals surface area contributed by atoms with Gasteiger partial charge in [0.25, 0.3) is 0 Å². The Hall–Kier alpha value is -1.32.